The molecule has 3 atom stereocenters. The summed E-state index contributed by atoms with van der Waals surface area (Å²) in [5.41, 5.74) is -6.88. The normalized spacial score (nSPS) is 23.6. The van der Waals surface area contributed by atoms with E-state index < -0.39 is 69.1 Å². The molecular formula is C25H30F6O9S. The molecule has 3 rings (SSSR count). The Hall–Kier alpha value is -2.43. The molecular weight excluding hydrogens is 590 g/mol. The van der Waals surface area contributed by atoms with Gasteiger partial charge in [-0.3, -0.25) is 4.55 Å². The van der Waals surface area contributed by atoms with E-state index >= 15 is 0 Å². The molecule has 0 spiro atoms. The number of esters is 2. The Morgan fingerprint density at radius 1 is 0.976 bits per heavy atom. The number of aliphatic hydroxyl groups is 2. The third-order valence-electron chi connectivity index (χ3n) is 7.79. The Bertz CT molecular complexity index is 1220. The molecule has 0 amide bonds. The Morgan fingerprint density at radius 2 is 1.56 bits per heavy atom. The highest BCUT2D eigenvalue weighted by molar-refractivity contribution is 7.85. The van der Waals surface area contributed by atoms with Crippen molar-refractivity contribution in [3.63, 3.8) is 0 Å². The van der Waals surface area contributed by atoms with Crippen molar-refractivity contribution in [2.24, 2.45) is 17.3 Å². The molecule has 2 aliphatic rings. The summed E-state index contributed by atoms with van der Waals surface area (Å²) in [5, 5.41) is 18.5. The van der Waals surface area contributed by atoms with E-state index in [1.807, 2.05) is 0 Å². The molecule has 1 aromatic carbocycles. The van der Waals surface area contributed by atoms with Crippen molar-refractivity contribution in [2.75, 3.05) is 19.8 Å². The Morgan fingerprint density at radius 3 is 2.10 bits per heavy atom. The highest BCUT2D eigenvalue weighted by atomic mass is 32.2. The summed E-state index contributed by atoms with van der Waals surface area (Å²) >= 11 is 0. The number of carbonyl (C=O) groups excluding carboxylic acids is 2. The molecule has 41 heavy (non-hydrogen) atoms. The van der Waals surface area contributed by atoms with Crippen LogP contribution in [0.4, 0.5) is 26.3 Å². The molecule has 0 radical (unpaired) electrons. The number of hydrogen-bond acceptors (Lipinski definition) is 8. The number of alkyl halides is 6. The zero-order valence-electron chi connectivity index (χ0n) is 21.6. The maximum atomic E-state index is 12.9. The highest BCUT2D eigenvalue weighted by Gasteiger charge is 2.70. The number of halogens is 6. The minimum atomic E-state index is -6.15. The predicted octanol–water partition coefficient (Wildman–Crippen LogP) is 4.46. The van der Waals surface area contributed by atoms with E-state index in [-0.39, 0.29) is 24.5 Å². The van der Waals surface area contributed by atoms with Crippen molar-refractivity contribution in [1.29, 1.82) is 0 Å². The summed E-state index contributed by atoms with van der Waals surface area (Å²) in [4.78, 5) is 24.3. The molecule has 1 aromatic rings. The van der Waals surface area contributed by atoms with Gasteiger partial charge in [-0.15, -0.1) is 0 Å². The largest absolute Gasteiger partial charge is 0.462 e. The number of rotatable bonds is 10. The maximum absolute atomic E-state index is 12.9. The fraction of sp³-hybridized carbons (Fsp3) is 0.680. The summed E-state index contributed by atoms with van der Waals surface area (Å²) in [6, 6.07) is 1.96. The summed E-state index contributed by atoms with van der Waals surface area (Å²) in [6.07, 6.45) is -8.72. The van der Waals surface area contributed by atoms with Crippen LogP contribution >= 0.6 is 0 Å². The van der Waals surface area contributed by atoms with Gasteiger partial charge in [0.1, 0.15) is 0 Å². The SMILES string of the molecule is O=C(OCCC(O)(C(F)(F)F)C(F)(F)F)c1cc(C(=O)OCC23CCCC(CC(CCO)C2)C3)cc(S(=O)(=O)O)c1. The van der Waals surface area contributed by atoms with Gasteiger partial charge in [0.15, 0.2) is 0 Å². The van der Waals surface area contributed by atoms with E-state index in [9.17, 15) is 59.1 Å². The smallest absolute Gasteiger partial charge is 0.426 e. The van der Waals surface area contributed by atoms with Crippen LogP contribution in [0.5, 0.6) is 0 Å². The van der Waals surface area contributed by atoms with Gasteiger partial charge in [-0.1, -0.05) is 12.8 Å². The van der Waals surface area contributed by atoms with E-state index in [2.05, 4.69) is 4.74 Å². The van der Waals surface area contributed by atoms with Gasteiger partial charge in [0, 0.05) is 18.4 Å². The van der Waals surface area contributed by atoms with Crippen molar-refractivity contribution in [2.45, 2.75) is 74.2 Å². The van der Waals surface area contributed by atoms with E-state index in [1.165, 1.54) is 0 Å². The average molecular weight is 621 g/mol. The lowest BCUT2D eigenvalue weighted by atomic mass is 9.59. The van der Waals surface area contributed by atoms with Crippen LogP contribution in [0, 0.1) is 17.3 Å². The van der Waals surface area contributed by atoms with Crippen LogP contribution < -0.4 is 0 Å². The summed E-state index contributed by atoms with van der Waals surface area (Å²) < 4.78 is 120. The second kappa shape index (κ2) is 12.1. The van der Waals surface area contributed by atoms with Crippen molar-refractivity contribution in [3.05, 3.63) is 29.3 Å². The fourth-order valence-corrected chi connectivity index (χ4v) is 6.38. The molecule has 232 valence electrons. The number of hydrogen-bond donors (Lipinski definition) is 3. The molecule has 2 aliphatic carbocycles. The monoisotopic (exact) mass is 620 g/mol. The zero-order chi connectivity index (χ0) is 30.9. The Kier molecular flexibility index (Phi) is 9.72. The second-order valence-corrected chi connectivity index (χ2v) is 12.2. The zero-order valence-corrected chi connectivity index (χ0v) is 22.4. The first-order valence-electron chi connectivity index (χ1n) is 12.7. The van der Waals surface area contributed by atoms with Crippen molar-refractivity contribution >= 4 is 22.1 Å². The second-order valence-electron chi connectivity index (χ2n) is 10.8. The lowest BCUT2D eigenvalue weighted by Gasteiger charge is -2.48. The van der Waals surface area contributed by atoms with Crippen LogP contribution in [0.1, 0.15) is 72.1 Å². The van der Waals surface area contributed by atoms with Gasteiger partial charge in [-0.05, 0) is 62.1 Å². The quantitative estimate of drug-likeness (QED) is 0.196. The van der Waals surface area contributed by atoms with Crippen LogP contribution in [-0.4, -0.2) is 72.9 Å². The number of carbonyl (C=O) groups is 2. The minimum absolute atomic E-state index is 0.0141. The lowest BCUT2D eigenvalue weighted by molar-refractivity contribution is -0.371. The molecule has 16 heteroatoms. The van der Waals surface area contributed by atoms with E-state index in [4.69, 9.17) is 4.74 Å². The maximum Gasteiger partial charge on any atom is 0.426 e. The molecule has 2 saturated carbocycles. The minimum Gasteiger partial charge on any atom is -0.462 e. The molecule has 2 bridgehead atoms. The third kappa shape index (κ3) is 7.70. The van der Waals surface area contributed by atoms with Gasteiger partial charge >= 0.3 is 24.3 Å². The molecule has 3 unspecified atom stereocenters. The first-order valence-corrected chi connectivity index (χ1v) is 14.2. The van der Waals surface area contributed by atoms with Gasteiger partial charge in [0.2, 0.25) is 0 Å². The fourth-order valence-electron chi connectivity index (χ4n) is 5.83. The Balaban J connectivity index is 1.77. The average Bonchev–Trinajstić information content (AvgIpc) is 2.85. The molecule has 0 aromatic heterocycles. The third-order valence-corrected chi connectivity index (χ3v) is 8.62. The van der Waals surface area contributed by atoms with Crippen molar-refractivity contribution in [3.8, 4) is 0 Å². The van der Waals surface area contributed by atoms with Gasteiger partial charge in [-0.2, -0.15) is 34.8 Å². The van der Waals surface area contributed by atoms with E-state index in [1.54, 1.807) is 0 Å². The van der Waals surface area contributed by atoms with Gasteiger partial charge < -0.3 is 19.7 Å². The van der Waals surface area contributed by atoms with Crippen LogP contribution in [0.3, 0.4) is 0 Å². The standard InChI is InChI=1S/C25H30F6O9S/c26-24(27,28)23(35,25(29,30)31)5-7-39-20(33)17-9-18(11-19(10-17)41(36,37)38)21(34)40-14-22-4-1-2-15(12-22)8-16(13-22)3-6-32/h9-11,15-16,32,35H,1-8,12-14H2,(H,36,37,38). The number of ether oxygens (including phenoxy) is 2. The van der Waals surface area contributed by atoms with Crippen LogP contribution in [0.2, 0.25) is 0 Å². The highest BCUT2D eigenvalue weighted by Crippen LogP contribution is 2.52. The molecule has 0 saturated heterocycles. The van der Waals surface area contributed by atoms with Gasteiger partial charge in [-0.25, -0.2) is 9.59 Å². The predicted molar refractivity (Wildman–Crippen MR) is 127 cm³/mol. The molecule has 9 nitrogen and oxygen atoms in total. The number of fused-ring (bicyclic) bond motifs is 2. The molecule has 3 N–H and O–H groups in total. The first-order chi connectivity index (χ1) is 18.8. The molecule has 2 fully saturated rings. The van der Waals surface area contributed by atoms with Gasteiger partial charge in [0.25, 0.3) is 15.7 Å². The van der Waals surface area contributed by atoms with E-state index in [0.29, 0.717) is 30.9 Å². The van der Waals surface area contributed by atoms with Crippen molar-refractivity contribution < 1.29 is 68.6 Å². The number of aliphatic hydroxyl groups excluding tert-OH is 1. The molecule has 0 heterocycles. The molecule has 0 aliphatic heterocycles. The first kappa shape index (κ1) is 33.1. The van der Waals surface area contributed by atoms with Crippen LogP contribution in [0.25, 0.3) is 0 Å². The van der Waals surface area contributed by atoms with Crippen LogP contribution in [0.15, 0.2) is 23.1 Å². The van der Waals surface area contributed by atoms with E-state index in [0.717, 1.165) is 38.2 Å². The summed E-state index contributed by atoms with van der Waals surface area (Å²) in [6.45, 7) is -1.61. The van der Waals surface area contributed by atoms with Crippen molar-refractivity contribution in [1.82, 2.24) is 0 Å². The number of benzene rings is 1. The Labute approximate surface area is 231 Å². The summed E-state index contributed by atoms with van der Waals surface area (Å²) in [7, 11) is -5.04. The van der Waals surface area contributed by atoms with Gasteiger partial charge in [0.05, 0.1) is 29.2 Å². The lowest BCUT2D eigenvalue weighted by Crippen LogP contribution is -2.57. The van der Waals surface area contributed by atoms with Crippen LogP contribution in [-0.2, 0) is 19.6 Å². The summed E-state index contributed by atoms with van der Waals surface area (Å²) in [5.74, 6) is -2.09. The topological polar surface area (TPSA) is 147 Å².